The van der Waals surface area contributed by atoms with E-state index in [0.717, 1.165) is 13.1 Å². The van der Waals surface area contributed by atoms with E-state index in [0.29, 0.717) is 17.8 Å². The third-order valence-corrected chi connectivity index (χ3v) is 3.05. The number of nitrogens with one attached hydrogen (secondary N) is 1. The van der Waals surface area contributed by atoms with Crippen molar-refractivity contribution in [3.8, 4) is 0 Å². The summed E-state index contributed by atoms with van der Waals surface area (Å²) in [6.07, 6.45) is 2.82. The Morgan fingerprint density at radius 3 is 2.91 bits per heavy atom. The van der Waals surface area contributed by atoms with Gasteiger partial charge in [0.2, 0.25) is 0 Å². The van der Waals surface area contributed by atoms with Crippen molar-refractivity contribution < 1.29 is 9.90 Å². The van der Waals surface area contributed by atoms with Crippen LogP contribution in [0.25, 0.3) is 0 Å². The van der Waals surface area contributed by atoms with Gasteiger partial charge in [-0.3, -0.25) is 4.79 Å². The highest BCUT2D eigenvalue weighted by atomic mass is 16.4. The van der Waals surface area contributed by atoms with E-state index in [1.54, 1.807) is 0 Å². The zero-order chi connectivity index (χ0) is 7.90. The second-order valence-electron chi connectivity index (χ2n) is 3.79. The van der Waals surface area contributed by atoms with Gasteiger partial charge in [0.15, 0.2) is 0 Å². The Morgan fingerprint density at radius 2 is 2.36 bits per heavy atom. The minimum atomic E-state index is -0.648. The first-order valence-corrected chi connectivity index (χ1v) is 4.15. The summed E-state index contributed by atoms with van der Waals surface area (Å²) < 4.78 is 0. The smallest absolute Gasteiger partial charge is 0.303 e. The van der Waals surface area contributed by atoms with Gasteiger partial charge in [-0.2, -0.15) is 0 Å². The molecule has 0 aromatic carbocycles. The van der Waals surface area contributed by atoms with Crippen LogP contribution >= 0.6 is 0 Å². The predicted molar refractivity (Wildman–Crippen MR) is 40.3 cm³/mol. The predicted octanol–water partition coefficient (Wildman–Crippen LogP) is 0.461. The molecule has 0 amide bonds. The van der Waals surface area contributed by atoms with E-state index in [1.807, 2.05) is 0 Å². The molecule has 11 heavy (non-hydrogen) atoms. The van der Waals surface area contributed by atoms with Crippen molar-refractivity contribution in [2.45, 2.75) is 19.3 Å². The largest absolute Gasteiger partial charge is 0.481 e. The van der Waals surface area contributed by atoms with Crippen molar-refractivity contribution in [2.75, 3.05) is 13.1 Å². The molecule has 1 unspecified atom stereocenters. The van der Waals surface area contributed by atoms with Gasteiger partial charge in [-0.1, -0.05) is 0 Å². The third kappa shape index (κ3) is 1.13. The average Bonchev–Trinajstić information content (AvgIpc) is 2.56. The maximum atomic E-state index is 10.4. The molecule has 2 N–H and O–H groups in total. The standard InChI is InChI=1S/C8H13NO2/c10-7(11)3-6-4-9-5-8(6)1-2-8/h6,9H,1-5H2,(H,10,11). The van der Waals surface area contributed by atoms with Gasteiger partial charge in [0.05, 0.1) is 0 Å². The van der Waals surface area contributed by atoms with Crippen molar-refractivity contribution in [2.24, 2.45) is 11.3 Å². The van der Waals surface area contributed by atoms with E-state index in [1.165, 1.54) is 12.8 Å². The van der Waals surface area contributed by atoms with Gasteiger partial charge in [-0.25, -0.2) is 0 Å². The third-order valence-electron chi connectivity index (χ3n) is 3.05. The van der Waals surface area contributed by atoms with Crippen LogP contribution in [0.1, 0.15) is 19.3 Å². The van der Waals surface area contributed by atoms with E-state index in [2.05, 4.69) is 5.32 Å². The summed E-state index contributed by atoms with van der Waals surface area (Å²) in [6, 6.07) is 0. The fraction of sp³-hybridized carbons (Fsp3) is 0.875. The molecule has 0 bridgehead atoms. The molecular formula is C8H13NO2. The van der Waals surface area contributed by atoms with Crippen LogP contribution in [0.3, 0.4) is 0 Å². The van der Waals surface area contributed by atoms with Crippen LogP contribution in [0.5, 0.6) is 0 Å². The van der Waals surface area contributed by atoms with Crippen LogP contribution in [0.2, 0.25) is 0 Å². The van der Waals surface area contributed by atoms with Crippen LogP contribution in [0, 0.1) is 11.3 Å². The Kier molecular flexibility index (Phi) is 1.42. The Balaban J connectivity index is 1.97. The number of carboxylic acids is 1. The minimum absolute atomic E-state index is 0.354. The number of rotatable bonds is 2. The van der Waals surface area contributed by atoms with Crippen LogP contribution in [-0.2, 0) is 4.79 Å². The molecule has 2 aliphatic rings. The van der Waals surface area contributed by atoms with Gasteiger partial charge in [0.1, 0.15) is 0 Å². The monoisotopic (exact) mass is 155 g/mol. The summed E-state index contributed by atoms with van der Waals surface area (Å²) in [5.41, 5.74) is 0.401. The molecule has 1 saturated carbocycles. The van der Waals surface area contributed by atoms with E-state index in [4.69, 9.17) is 5.11 Å². The minimum Gasteiger partial charge on any atom is -0.481 e. The molecular weight excluding hydrogens is 142 g/mol. The topological polar surface area (TPSA) is 49.3 Å². The maximum Gasteiger partial charge on any atom is 0.303 e. The number of aliphatic carboxylic acids is 1. The second-order valence-corrected chi connectivity index (χ2v) is 3.79. The van der Waals surface area contributed by atoms with Gasteiger partial charge in [-0.15, -0.1) is 0 Å². The Hall–Kier alpha value is -0.570. The Morgan fingerprint density at radius 1 is 1.64 bits per heavy atom. The number of carbonyl (C=O) groups is 1. The van der Waals surface area contributed by atoms with Crippen LogP contribution in [0.4, 0.5) is 0 Å². The van der Waals surface area contributed by atoms with Crippen LogP contribution in [-0.4, -0.2) is 24.2 Å². The first kappa shape index (κ1) is 7.10. The lowest BCUT2D eigenvalue weighted by Crippen LogP contribution is -2.17. The molecule has 3 heteroatoms. The zero-order valence-electron chi connectivity index (χ0n) is 6.47. The fourth-order valence-corrected chi connectivity index (χ4v) is 2.10. The molecule has 2 fully saturated rings. The van der Waals surface area contributed by atoms with Crippen molar-refractivity contribution in [3.63, 3.8) is 0 Å². The average molecular weight is 155 g/mol. The summed E-state index contributed by atoms with van der Waals surface area (Å²) in [7, 11) is 0. The summed E-state index contributed by atoms with van der Waals surface area (Å²) in [6.45, 7) is 1.96. The van der Waals surface area contributed by atoms with Crippen LogP contribution < -0.4 is 5.32 Å². The maximum absolute atomic E-state index is 10.4. The summed E-state index contributed by atoms with van der Waals surface area (Å²) in [5.74, 6) is -0.245. The lowest BCUT2D eigenvalue weighted by molar-refractivity contribution is -0.138. The highest BCUT2D eigenvalue weighted by Crippen LogP contribution is 2.54. The molecule has 2 rings (SSSR count). The Bertz CT molecular complexity index is 187. The SMILES string of the molecule is O=C(O)CC1CNCC12CC2. The molecule has 0 aromatic heterocycles. The van der Waals surface area contributed by atoms with Crippen molar-refractivity contribution in [1.29, 1.82) is 0 Å². The molecule has 0 aromatic rings. The van der Waals surface area contributed by atoms with Gasteiger partial charge in [0, 0.05) is 13.0 Å². The van der Waals surface area contributed by atoms with Crippen LogP contribution in [0.15, 0.2) is 0 Å². The summed E-state index contributed by atoms with van der Waals surface area (Å²) in [5, 5.41) is 11.9. The Labute approximate surface area is 65.8 Å². The van der Waals surface area contributed by atoms with E-state index >= 15 is 0 Å². The molecule has 1 atom stereocenters. The first-order chi connectivity index (χ1) is 5.23. The van der Waals surface area contributed by atoms with Crippen molar-refractivity contribution >= 4 is 5.97 Å². The lowest BCUT2D eigenvalue weighted by Gasteiger charge is -2.13. The second kappa shape index (κ2) is 2.21. The summed E-state index contributed by atoms with van der Waals surface area (Å²) >= 11 is 0. The van der Waals surface area contributed by atoms with Crippen molar-refractivity contribution in [1.82, 2.24) is 5.32 Å². The molecule has 1 saturated heterocycles. The van der Waals surface area contributed by atoms with Crippen molar-refractivity contribution in [3.05, 3.63) is 0 Å². The molecule has 3 nitrogen and oxygen atoms in total. The van der Waals surface area contributed by atoms with E-state index in [9.17, 15) is 4.79 Å². The molecule has 0 radical (unpaired) electrons. The van der Waals surface area contributed by atoms with E-state index < -0.39 is 5.97 Å². The summed E-state index contributed by atoms with van der Waals surface area (Å²) in [4.78, 5) is 10.4. The first-order valence-electron chi connectivity index (χ1n) is 4.15. The molecule has 62 valence electrons. The molecule has 1 aliphatic heterocycles. The molecule has 1 spiro atoms. The van der Waals surface area contributed by atoms with Gasteiger partial charge >= 0.3 is 5.97 Å². The van der Waals surface area contributed by atoms with Gasteiger partial charge < -0.3 is 10.4 Å². The van der Waals surface area contributed by atoms with E-state index in [-0.39, 0.29) is 0 Å². The normalized spacial score (nSPS) is 32.5. The highest BCUT2D eigenvalue weighted by Gasteiger charge is 2.52. The zero-order valence-corrected chi connectivity index (χ0v) is 6.47. The van der Waals surface area contributed by atoms with Gasteiger partial charge in [-0.05, 0) is 30.7 Å². The number of hydrogen-bond acceptors (Lipinski definition) is 2. The number of hydrogen-bond donors (Lipinski definition) is 2. The number of carboxylic acid groups (broad SMARTS) is 1. The lowest BCUT2D eigenvalue weighted by atomic mass is 9.90. The molecule has 1 heterocycles. The fourth-order valence-electron chi connectivity index (χ4n) is 2.10. The highest BCUT2D eigenvalue weighted by molar-refractivity contribution is 5.67. The quantitative estimate of drug-likeness (QED) is 0.609. The van der Waals surface area contributed by atoms with Gasteiger partial charge in [0.25, 0.3) is 0 Å². The molecule has 1 aliphatic carbocycles.